The average Bonchev–Trinajstić information content (AvgIpc) is 2.93. The first-order chi connectivity index (χ1) is 11.3. The highest BCUT2D eigenvalue weighted by molar-refractivity contribution is 14.0. The van der Waals surface area contributed by atoms with E-state index in [-0.39, 0.29) is 24.0 Å². The van der Waals surface area contributed by atoms with Gasteiger partial charge in [0.25, 0.3) is 0 Å². The van der Waals surface area contributed by atoms with E-state index in [2.05, 4.69) is 14.9 Å². The summed E-state index contributed by atoms with van der Waals surface area (Å²) in [6, 6.07) is 3.98. The lowest BCUT2D eigenvalue weighted by molar-refractivity contribution is 0.199. The molecule has 1 aromatic rings. The Hall–Kier alpha value is -1.05. The molecule has 2 aliphatic rings. The molecular formula is C18H29IN4O. The van der Waals surface area contributed by atoms with E-state index in [1.807, 2.05) is 12.1 Å². The van der Waals surface area contributed by atoms with Gasteiger partial charge in [-0.2, -0.15) is 0 Å². The van der Waals surface area contributed by atoms with E-state index in [9.17, 15) is 0 Å². The lowest BCUT2D eigenvalue weighted by Gasteiger charge is -2.21. The molecule has 0 radical (unpaired) electrons. The summed E-state index contributed by atoms with van der Waals surface area (Å²) in [4.78, 5) is 11.2. The van der Waals surface area contributed by atoms with Gasteiger partial charge < -0.3 is 15.4 Å². The lowest BCUT2D eigenvalue weighted by atomic mass is 10.2. The molecule has 1 saturated carbocycles. The van der Waals surface area contributed by atoms with Gasteiger partial charge >= 0.3 is 0 Å². The summed E-state index contributed by atoms with van der Waals surface area (Å²) >= 11 is 0. The second-order valence-corrected chi connectivity index (χ2v) is 6.57. The van der Waals surface area contributed by atoms with E-state index in [4.69, 9.17) is 10.5 Å². The summed E-state index contributed by atoms with van der Waals surface area (Å²) in [6.07, 6.45) is 11.9. The van der Waals surface area contributed by atoms with Crippen molar-refractivity contribution in [2.75, 3.05) is 13.1 Å². The van der Waals surface area contributed by atoms with Crippen molar-refractivity contribution in [3.63, 3.8) is 0 Å². The number of pyridine rings is 1. The summed E-state index contributed by atoms with van der Waals surface area (Å²) in [6.45, 7) is 2.58. The number of ether oxygens (including phenoxy) is 1. The van der Waals surface area contributed by atoms with Gasteiger partial charge in [-0.05, 0) is 44.6 Å². The molecule has 0 amide bonds. The third-order valence-corrected chi connectivity index (χ3v) is 4.77. The highest BCUT2D eigenvalue weighted by Crippen LogP contribution is 2.25. The maximum Gasteiger partial charge on any atom is 0.218 e. The molecule has 1 aliphatic heterocycles. The van der Waals surface area contributed by atoms with Gasteiger partial charge in [0.1, 0.15) is 6.10 Å². The van der Waals surface area contributed by atoms with E-state index >= 15 is 0 Å². The van der Waals surface area contributed by atoms with Crippen molar-refractivity contribution in [1.29, 1.82) is 0 Å². The Morgan fingerprint density at radius 2 is 1.88 bits per heavy atom. The Bertz CT molecular complexity index is 524. The van der Waals surface area contributed by atoms with Crippen LogP contribution in [0, 0.1) is 0 Å². The van der Waals surface area contributed by atoms with Gasteiger partial charge in [-0.15, -0.1) is 24.0 Å². The van der Waals surface area contributed by atoms with E-state index in [1.54, 1.807) is 6.20 Å². The number of nitrogens with zero attached hydrogens (tertiary/aromatic N) is 3. The SMILES string of the molecule is I.NC(=NCc1cccnc1OC1CCCC1)N1CCCCCC1. The van der Waals surface area contributed by atoms with Crippen LogP contribution < -0.4 is 10.5 Å². The number of likely N-dealkylation sites (tertiary alicyclic amines) is 1. The van der Waals surface area contributed by atoms with Crippen LogP contribution in [-0.4, -0.2) is 35.0 Å². The minimum absolute atomic E-state index is 0. The fourth-order valence-corrected chi connectivity index (χ4v) is 3.38. The van der Waals surface area contributed by atoms with Gasteiger partial charge in [0, 0.05) is 24.8 Å². The van der Waals surface area contributed by atoms with Crippen molar-refractivity contribution >= 4 is 29.9 Å². The van der Waals surface area contributed by atoms with Crippen molar-refractivity contribution in [1.82, 2.24) is 9.88 Å². The third kappa shape index (κ3) is 5.50. The van der Waals surface area contributed by atoms with Crippen molar-refractivity contribution in [3.8, 4) is 5.88 Å². The molecule has 1 saturated heterocycles. The zero-order chi connectivity index (χ0) is 15.9. The summed E-state index contributed by atoms with van der Waals surface area (Å²) < 4.78 is 6.07. The number of hydrogen-bond donors (Lipinski definition) is 1. The van der Waals surface area contributed by atoms with E-state index in [0.29, 0.717) is 18.6 Å². The summed E-state index contributed by atoms with van der Waals surface area (Å²) in [7, 11) is 0. The smallest absolute Gasteiger partial charge is 0.218 e. The molecule has 0 spiro atoms. The lowest BCUT2D eigenvalue weighted by Crippen LogP contribution is -2.38. The topological polar surface area (TPSA) is 63.7 Å². The van der Waals surface area contributed by atoms with Crippen LogP contribution in [0.5, 0.6) is 5.88 Å². The fourth-order valence-electron chi connectivity index (χ4n) is 3.38. The molecule has 2 N–H and O–H groups in total. The summed E-state index contributed by atoms with van der Waals surface area (Å²) in [5.74, 6) is 1.38. The Balaban J connectivity index is 0.00000208. The van der Waals surface area contributed by atoms with Crippen molar-refractivity contribution in [2.45, 2.75) is 64.0 Å². The van der Waals surface area contributed by atoms with E-state index in [0.717, 1.165) is 37.4 Å². The Morgan fingerprint density at radius 3 is 2.58 bits per heavy atom. The predicted molar refractivity (Wildman–Crippen MR) is 108 cm³/mol. The quantitative estimate of drug-likeness (QED) is 0.437. The van der Waals surface area contributed by atoms with Crippen LogP contribution >= 0.6 is 24.0 Å². The predicted octanol–water partition coefficient (Wildman–Crippen LogP) is 3.71. The number of halogens is 1. The molecule has 2 heterocycles. The van der Waals surface area contributed by atoms with E-state index in [1.165, 1.54) is 38.5 Å². The Kier molecular flexibility index (Phi) is 8.08. The van der Waals surface area contributed by atoms with E-state index < -0.39 is 0 Å². The largest absolute Gasteiger partial charge is 0.474 e. The highest BCUT2D eigenvalue weighted by atomic mass is 127. The molecule has 3 rings (SSSR count). The molecule has 2 fully saturated rings. The molecule has 1 aromatic heterocycles. The second-order valence-electron chi connectivity index (χ2n) is 6.57. The fraction of sp³-hybridized carbons (Fsp3) is 0.667. The Labute approximate surface area is 162 Å². The second kappa shape index (κ2) is 10.1. The molecule has 1 aliphatic carbocycles. The van der Waals surface area contributed by atoms with Crippen LogP contribution in [0.1, 0.15) is 56.9 Å². The van der Waals surface area contributed by atoms with Crippen LogP contribution in [0.3, 0.4) is 0 Å². The van der Waals surface area contributed by atoms with Crippen molar-refractivity contribution < 1.29 is 4.74 Å². The maximum absolute atomic E-state index is 6.19. The molecule has 5 nitrogen and oxygen atoms in total. The molecule has 0 aromatic carbocycles. The van der Waals surface area contributed by atoms with Crippen molar-refractivity contribution in [2.24, 2.45) is 10.7 Å². The van der Waals surface area contributed by atoms with Crippen molar-refractivity contribution in [3.05, 3.63) is 23.9 Å². The van der Waals surface area contributed by atoms with Crippen LogP contribution in [0.4, 0.5) is 0 Å². The number of aromatic nitrogens is 1. The zero-order valence-corrected chi connectivity index (χ0v) is 16.7. The molecular weight excluding hydrogens is 415 g/mol. The highest BCUT2D eigenvalue weighted by Gasteiger charge is 2.18. The monoisotopic (exact) mass is 444 g/mol. The van der Waals surface area contributed by atoms with Crippen LogP contribution in [-0.2, 0) is 6.54 Å². The van der Waals surface area contributed by atoms with Crippen LogP contribution in [0.15, 0.2) is 23.3 Å². The molecule has 0 bridgehead atoms. The van der Waals surface area contributed by atoms with Gasteiger partial charge in [0.15, 0.2) is 5.96 Å². The van der Waals surface area contributed by atoms with Crippen LogP contribution in [0.2, 0.25) is 0 Å². The summed E-state index contributed by atoms with van der Waals surface area (Å²) in [5.41, 5.74) is 7.22. The normalized spacial score (nSPS) is 19.7. The standard InChI is InChI=1S/C18H28N4O.HI/c19-18(22-12-5-1-2-6-13-22)21-14-15-8-7-11-20-17(15)23-16-9-3-4-10-16;/h7-8,11,16H,1-6,9-10,12-14H2,(H2,19,21);1H. The molecule has 0 unspecified atom stereocenters. The minimum Gasteiger partial charge on any atom is -0.474 e. The molecule has 0 atom stereocenters. The van der Waals surface area contributed by atoms with Crippen LogP contribution in [0.25, 0.3) is 0 Å². The van der Waals surface area contributed by atoms with Gasteiger partial charge in [-0.25, -0.2) is 9.98 Å². The Morgan fingerprint density at radius 1 is 1.17 bits per heavy atom. The number of rotatable bonds is 4. The number of aliphatic imine (C=N–C) groups is 1. The first-order valence-electron chi connectivity index (χ1n) is 8.98. The zero-order valence-electron chi connectivity index (χ0n) is 14.3. The van der Waals surface area contributed by atoms with Gasteiger partial charge in [-0.3, -0.25) is 0 Å². The average molecular weight is 444 g/mol. The maximum atomic E-state index is 6.19. The first-order valence-corrected chi connectivity index (χ1v) is 8.98. The molecule has 24 heavy (non-hydrogen) atoms. The molecule has 6 heteroatoms. The number of nitrogens with two attached hydrogens (primary N) is 1. The number of guanidine groups is 1. The van der Waals surface area contributed by atoms with Gasteiger partial charge in [-0.1, -0.05) is 18.9 Å². The molecule has 134 valence electrons. The minimum atomic E-state index is 0. The third-order valence-electron chi connectivity index (χ3n) is 4.77. The van der Waals surface area contributed by atoms with Gasteiger partial charge in [0.2, 0.25) is 5.88 Å². The summed E-state index contributed by atoms with van der Waals surface area (Å²) in [5, 5.41) is 0. The first kappa shape index (κ1) is 19.3. The van der Waals surface area contributed by atoms with Gasteiger partial charge in [0.05, 0.1) is 6.54 Å². The number of hydrogen-bond acceptors (Lipinski definition) is 3.